The first-order valence-electron chi connectivity index (χ1n) is 7.72. The van der Waals surface area contributed by atoms with E-state index in [4.69, 9.17) is 0 Å². The smallest absolute Gasteiger partial charge is 0.314 e. The molecular weight excluding hydrogens is 250 g/mol. The number of fused-ring (bicyclic) bond motifs is 1. The van der Waals surface area contributed by atoms with Gasteiger partial charge in [-0.25, -0.2) is 0 Å². The van der Waals surface area contributed by atoms with E-state index < -0.39 is 11.4 Å². The van der Waals surface area contributed by atoms with E-state index in [2.05, 4.69) is 24.1 Å². The molecule has 3 nitrogen and oxygen atoms in total. The van der Waals surface area contributed by atoms with Crippen molar-refractivity contribution in [3.05, 3.63) is 29.3 Å². The zero-order valence-electron chi connectivity index (χ0n) is 12.2. The fraction of sp³-hybridized carbons (Fsp3) is 0.588. The molecule has 1 fully saturated rings. The number of rotatable bonds is 2. The molecule has 1 aliphatic heterocycles. The molecule has 3 rings (SSSR count). The second-order valence-electron chi connectivity index (χ2n) is 6.28. The zero-order valence-corrected chi connectivity index (χ0v) is 12.2. The molecule has 108 valence electrons. The van der Waals surface area contributed by atoms with Crippen LogP contribution in [0.3, 0.4) is 0 Å². The Balaban J connectivity index is 2.12. The highest BCUT2D eigenvalue weighted by Gasteiger charge is 2.43. The lowest BCUT2D eigenvalue weighted by atomic mass is 9.67. The van der Waals surface area contributed by atoms with Gasteiger partial charge >= 0.3 is 5.97 Å². The zero-order chi connectivity index (χ0) is 14.2. The van der Waals surface area contributed by atoms with Crippen molar-refractivity contribution < 1.29 is 9.90 Å². The number of nitrogens with zero attached hydrogens (tertiary/aromatic N) is 1. The van der Waals surface area contributed by atoms with Crippen LogP contribution >= 0.6 is 0 Å². The number of hydrogen-bond acceptors (Lipinski definition) is 2. The molecule has 0 radical (unpaired) electrons. The van der Waals surface area contributed by atoms with Crippen LogP contribution < -0.4 is 4.90 Å². The van der Waals surface area contributed by atoms with Gasteiger partial charge in [0.2, 0.25) is 0 Å². The van der Waals surface area contributed by atoms with Gasteiger partial charge in [-0.2, -0.15) is 0 Å². The van der Waals surface area contributed by atoms with Gasteiger partial charge in [-0.15, -0.1) is 0 Å². The molecule has 0 aromatic heterocycles. The summed E-state index contributed by atoms with van der Waals surface area (Å²) in [5, 5.41) is 9.90. The van der Waals surface area contributed by atoms with E-state index in [-0.39, 0.29) is 0 Å². The summed E-state index contributed by atoms with van der Waals surface area (Å²) in [6.45, 7) is 1.07. The van der Waals surface area contributed by atoms with Crippen LogP contribution in [0.4, 0.5) is 5.69 Å². The van der Waals surface area contributed by atoms with Crippen molar-refractivity contribution >= 4 is 11.7 Å². The molecule has 0 atom stereocenters. The minimum atomic E-state index is -0.637. The van der Waals surface area contributed by atoms with Gasteiger partial charge in [0.25, 0.3) is 0 Å². The Hall–Kier alpha value is -1.51. The average molecular weight is 273 g/mol. The SMILES string of the molecule is CN1CCCc2c1cccc2C1(C(=O)O)CCCCC1. The number of benzene rings is 1. The summed E-state index contributed by atoms with van der Waals surface area (Å²) in [6, 6.07) is 6.24. The van der Waals surface area contributed by atoms with Crippen LogP contribution in [-0.2, 0) is 16.6 Å². The predicted molar refractivity (Wildman–Crippen MR) is 80.4 cm³/mol. The Morgan fingerprint density at radius 2 is 1.95 bits per heavy atom. The summed E-state index contributed by atoms with van der Waals surface area (Å²) >= 11 is 0. The molecule has 0 unspecified atom stereocenters. The maximum Gasteiger partial charge on any atom is 0.314 e. The van der Waals surface area contributed by atoms with Crippen molar-refractivity contribution in [2.24, 2.45) is 0 Å². The van der Waals surface area contributed by atoms with E-state index in [9.17, 15) is 9.90 Å². The van der Waals surface area contributed by atoms with Gasteiger partial charge in [-0.1, -0.05) is 31.4 Å². The van der Waals surface area contributed by atoms with Crippen molar-refractivity contribution in [2.75, 3.05) is 18.5 Å². The fourth-order valence-corrected chi connectivity index (χ4v) is 4.01. The number of anilines is 1. The van der Waals surface area contributed by atoms with Crippen molar-refractivity contribution in [2.45, 2.75) is 50.4 Å². The number of hydrogen-bond donors (Lipinski definition) is 1. The molecule has 0 amide bonds. The van der Waals surface area contributed by atoms with Crippen molar-refractivity contribution in [3.63, 3.8) is 0 Å². The van der Waals surface area contributed by atoms with E-state index in [1.807, 2.05) is 6.07 Å². The van der Waals surface area contributed by atoms with Crippen LogP contribution in [0.1, 0.15) is 49.7 Å². The van der Waals surface area contributed by atoms with E-state index in [1.54, 1.807) is 0 Å². The molecule has 0 bridgehead atoms. The average Bonchev–Trinajstić information content (AvgIpc) is 2.48. The Morgan fingerprint density at radius 1 is 1.20 bits per heavy atom. The van der Waals surface area contributed by atoms with Crippen molar-refractivity contribution in [1.82, 2.24) is 0 Å². The largest absolute Gasteiger partial charge is 0.481 e. The molecular formula is C17H23NO2. The topological polar surface area (TPSA) is 40.5 Å². The third kappa shape index (κ3) is 2.00. The number of carboxylic acids is 1. The molecule has 1 aromatic carbocycles. The van der Waals surface area contributed by atoms with Crippen molar-refractivity contribution in [3.8, 4) is 0 Å². The molecule has 1 aliphatic carbocycles. The standard InChI is InChI=1S/C17H23NO2/c1-18-12-6-7-13-14(8-5-9-15(13)18)17(16(19)20)10-3-2-4-11-17/h5,8-9H,2-4,6-7,10-12H2,1H3,(H,19,20). The van der Waals surface area contributed by atoms with Crippen LogP contribution in [0.2, 0.25) is 0 Å². The number of aliphatic carboxylic acids is 1. The Bertz CT molecular complexity index is 518. The van der Waals surface area contributed by atoms with Gasteiger partial charge in [0.05, 0.1) is 5.41 Å². The van der Waals surface area contributed by atoms with Crippen LogP contribution in [0.25, 0.3) is 0 Å². The molecule has 1 aromatic rings. The highest BCUT2D eigenvalue weighted by Crippen LogP contribution is 2.44. The van der Waals surface area contributed by atoms with E-state index in [0.29, 0.717) is 0 Å². The first kappa shape index (κ1) is 13.5. The fourth-order valence-electron chi connectivity index (χ4n) is 4.01. The Labute approximate surface area is 120 Å². The van der Waals surface area contributed by atoms with E-state index in [1.165, 1.54) is 17.7 Å². The summed E-state index contributed by atoms with van der Waals surface area (Å²) in [6.07, 6.45) is 6.97. The van der Waals surface area contributed by atoms with Crippen LogP contribution in [0, 0.1) is 0 Å². The maximum atomic E-state index is 12.0. The molecule has 1 saturated carbocycles. The third-order valence-corrected chi connectivity index (χ3v) is 5.11. The van der Waals surface area contributed by atoms with Gasteiger partial charge in [0, 0.05) is 19.3 Å². The number of carboxylic acid groups (broad SMARTS) is 1. The summed E-state index contributed by atoms with van der Waals surface area (Å²) in [4.78, 5) is 14.3. The summed E-state index contributed by atoms with van der Waals surface area (Å²) in [5.41, 5.74) is 2.97. The lowest BCUT2D eigenvalue weighted by Gasteiger charge is -2.38. The second-order valence-corrected chi connectivity index (χ2v) is 6.28. The molecule has 3 heteroatoms. The molecule has 1 N–H and O–H groups in total. The second kappa shape index (κ2) is 5.12. The van der Waals surface area contributed by atoms with Crippen molar-refractivity contribution in [1.29, 1.82) is 0 Å². The molecule has 2 aliphatic rings. The van der Waals surface area contributed by atoms with E-state index in [0.717, 1.165) is 50.6 Å². The van der Waals surface area contributed by atoms with Gasteiger partial charge in [-0.3, -0.25) is 4.79 Å². The minimum Gasteiger partial charge on any atom is -0.481 e. The molecule has 20 heavy (non-hydrogen) atoms. The molecule has 1 heterocycles. The Kier molecular flexibility index (Phi) is 3.45. The molecule has 0 spiro atoms. The predicted octanol–water partition coefficient (Wildman–Crippen LogP) is 3.36. The van der Waals surface area contributed by atoms with Gasteiger partial charge in [-0.05, 0) is 42.9 Å². The normalized spacial score (nSPS) is 21.4. The van der Waals surface area contributed by atoms with Gasteiger partial charge in [0.15, 0.2) is 0 Å². The van der Waals surface area contributed by atoms with E-state index >= 15 is 0 Å². The van der Waals surface area contributed by atoms with Crippen LogP contribution in [0.5, 0.6) is 0 Å². The highest BCUT2D eigenvalue weighted by molar-refractivity contribution is 5.83. The highest BCUT2D eigenvalue weighted by atomic mass is 16.4. The van der Waals surface area contributed by atoms with Crippen LogP contribution in [0.15, 0.2) is 18.2 Å². The quantitative estimate of drug-likeness (QED) is 0.898. The summed E-state index contributed by atoms with van der Waals surface area (Å²) in [7, 11) is 2.11. The minimum absolute atomic E-state index is 0.626. The Morgan fingerprint density at radius 3 is 2.65 bits per heavy atom. The first-order chi connectivity index (χ1) is 9.65. The summed E-state index contributed by atoms with van der Waals surface area (Å²) in [5.74, 6) is -0.626. The lowest BCUT2D eigenvalue weighted by Crippen LogP contribution is -2.39. The third-order valence-electron chi connectivity index (χ3n) is 5.11. The maximum absolute atomic E-state index is 12.0. The molecule has 0 saturated heterocycles. The number of carbonyl (C=O) groups is 1. The van der Waals surface area contributed by atoms with Gasteiger partial charge < -0.3 is 10.0 Å². The summed E-state index contributed by atoms with van der Waals surface area (Å²) < 4.78 is 0. The monoisotopic (exact) mass is 273 g/mol. The van der Waals surface area contributed by atoms with Crippen LogP contribution in [-0.4, -0.2) is 24.7 Å². The lowest BCUT2D eigenvalue weighted by molar-refractivity contribution is -0.145. The first-order valence-corrected chi connectivity index (χ1v) is 7.72. The van der Waals surface area contributed by atoms with Gasteiger partial charge in [0.1, 0.15) is 0 Å².